The number of anilines is 1. The van der Waals surface area contributed by atoms with Crippen molar-refractivity contribution in [2.75, 3.05) is 18.5 Å². The highest BCUT2D eigenvalue weighted by Crippen LogP contribution is 2.53. The summed E-state index contributed by atoms with van der Waals surface area (Å²) in [5, 5.41) is 3.88. The lowest BCUT2D eigenvalue weighted by atomic mass is 9.86. The van der Waals surface area contributed by atoms with Gasteiger partial charge in [0.1, 0.15) is 11.6 Å². The molecule has 2 aliphatic rings. The van der Waals surface area contributed by atoms with Gasteiger partial charge < -0.3 is 5.32 Å². The van der Waals surface area contributed by atoms with E-state index in [1.54, 1.807) is 36.8 Å². The van der Waals surface area contributed by atoms with Crippen molar-refractivity contribution in [3.63, 3.8) is 0 Å². The number of pyridine rings is 1. The number of nitrogens with one attached hydrogen (secondary N) is 1. The summed E-state index contributed by atoms with van der Waals surface area (Å²) in [6.45, 7) is 1.30. The van der Waals surface area contributed by atoms with Gasteiger partial charge in [0, 0.05) is 36.3 Å². The molecule has 1 atom stereocenters. The largest absolute Gasteiger partial charge is 0.357 e. The van der Waals surface area contributed by atoms with Crippen molar-refractivity contribution in [3.8, 4) is 11.4 Å². The van der Waals surface area contributed by atoms with Gasteiger partial charge in [0.25, 0.3) is 0 Å². The van der Waals surface area contributed by atoms with Gasteiger partial charge in [0.05, 0.1) is 17.7 Å². The Bertz CT molecular complexity index is 1120. The highest BCUT2D eigenvalue weighted by molar-refractivity contribution is 6.30. The van der Waals surface area contributed by atoms with Gasteiger partial charge in [-0.25, -0.2) is 19.3 Å². The average molecular weight is 452 g/mol. The highest BCUT2D eigenvalue weighted by atomic mass is 35.5. The molecule has 2 fully saturated rings. The van der Waals surface area contributed by atoms with E-state index in [1.165, 1.54) is 25.0 Å². The molecule has 8 heteroatoms. The van der Waals surface area contributed by atoms with Crippen LogP contribution in [0.5, 0.6) is 0 Å². The number of carbonyl (C=O) groups excluding carboxylic acids is 1. The molecule has 1 aliphatic heterocycles. The zero-order valence-electron chi connectivity index (χ0n) is 17.5. The van der Waals surface area contributed by atoms with Crippen LogP contribution in [0.15, 0.2) is 55.0 Å². The second kappa shape index (κ2) is 8.56. The van der Waals surface area contributed by atoms with Crippen LogP contribution in [0.2, 0.25) is 5.02 Å². The predicted octanol–water partition coefficient (Wildman–Crippen LogP) is 4.83. The van der Waals surface area contributed by atoms with E-state index in [-0.39, 0.29) is 11.8 Å². The van der Waals surface area contributed by atoms with Crippen LogP contribution >= 0.6 is 11.6 Å². The first-order valence-electron chi connectivity index (χ1n) is 10.7. The molecular formula is C24H23ClFN5O. The Morgan fingerprint density at radius 3 is 2.69 bits per heavy atom. The first-order valence-corrected chi connectivity index (χ1v) is 11.1. The number of nitrogens with zero attached hydrogens (tertiary/aromatic N) is 4. The fourth-order valence-electron chi connectivity index (χ4n) is 4.49. The number of ketones is 1. The average Bonchev–Trinajstić information content (AvgIpc) is 3.57. The van der Waals surface area contributed by atoms with Crippen molar-refractivity contribution in [2.24, 2.45) is 5.41 Å². The molecule has 1 saturated carbocycles. The summed E-state index contributed by atoms with van der Waals surface area (Å²) in [6.07, 6.45) is 8.94. The minimum absolute atomic E-state index is 0.103. The van der Waals surface area contributed by atoms with E-state index in [0.29, 0.717) is 39.9 Å². The predicted molar refractivity (Wildman–Crippen MR) is 121 cm³/mol. The number of likely N-dealkylation sites (tertiary alicyclic amines) is 1. The number of aromatic nitrogens is 3. The van der Waals surface area contributed by atoms with E-state index in [0.717, 1.165) is 19.4 Å². The minimum Gasteiger partial charge on any atom is -0.357 e. The topological polar surface area (TPSA) is 71.0 Å². The van der Waals surface area contributed by atoms with E-state index in [4.69, 9.17) is 11.6 Å². The zero-order chi connectivity index (χ0) is 22.1. The molecule has 0 amide bonds. The Kier molecular flexibility index (Phi) is 5.61. The molecule has 1 aromatic carbocycles. The summed E-state index contributed by atoms with van der Waals surface area (Å²) in [5.41, 5.74) is 1.18. The van der Waals surface area contributed by atoms with Crippen molar-refractivity contribution >= 4 is 23.2 Å². The lowest BCUT2D eigenvalue weighted by Crippen LogP contribution is -2.50. The van der Waals surface area contributed by atoms with Gasteiger partial charge in [0.15, 0.2) is 11.6 Å². The normalized spacial score (nSPS) is 19.6. The maximum Gasteiger partial charge on any atom is 0.180 e. The van der Waals surface area contributed by atoms with Crippen LogP contribution in [0, 0.1) is 11.2 Å². The minimum atomic E-state index is -0.447. The van der Waals surface area contributed by atoms with Crippen LogP contribution in [0.4, 0.5) is 10.2 Å². The Hall–Kier alpha value is -2.90. The van der Waals surface area contributed by atoms with Gasteiger partial charge in [-0.15, -0.1) is 0 Å². The van der Waals surface area contributed by atoms with Gasteiger partial charge in [-0.1, -0.05) is 11.6 Å². The smallest absolute Gasteiger partial charge is 0.180 e. The van der Waals surface area contributed by atoms with E-state index in [1.807, 2.05) is 6.07 Å². The standard InChI is InChI=1S/C24H23ClFN5O/c25-16-2-5-21(29-13-16)30-15-31-14-24(8-9-24)7-6-20(31)22(32)19-12-17(26)3-4-18(19)23-27-10-1-11-28-23/h1-5,10-13,20H,6-9,14-15H2,(H,29,30). The Morgan fingerprint density at radius 2 is 1.97 bits per heavy atom. The van der Waals surface area contributed by atoms with Gasteiger partial charge in [-0.05, 0) is 67.5 Å². The quantitative estimate of drug-likeness (QED) is 0.541. The highest BCUT2D eigenvalue weighted by Gasteiger charge is 2.49. The summed E-state index contributed by atoms with van der Waals surface area (Å²) >= 11 is 5.93. The molecule has 3 heterocycles. The number of piperidine rings is 1. The first-order chi connectivity index (χ1) is 15.5. The number of Topliss-reactive ketones (excluding diaryl/α,β-unsaturated/α-hetero) is 1. The lowest BCUT2D eigenvalue weighted by Gasteiger charge is -2.39. The van der Waals surface area contributed by atoms with E-state index in [2.05, 4.69) is 25.2 Å². The molecule has 1 aliphatic carbocycles. The number of hydrogen-bond acceptors (Lipinski definition) is 6. The van der Waals surface area contributed by atoms with Crippen LogP contribution < -0.4 is 5.32 Å². The first kappa shape index (κ1) is 21.0. The molecule has 0 radical (unpaired) electrons. The van der Waals surface area contributed by atoms with Crippen molar-refractivity contribution < 1.29 is 9.18 Å². The molecule has 0 bridgehead atoms. The summed E-state index contributed by atoms with van der Waals surface area (Å²) < 4.78 is 14.2. The molecule has 2 aromatic heterocycles. The second-order valence-electron chi connectivity index (χ2n) is 8.62. The van der Waals surface area contributed by atoms with Gasteiger partial charge in [-0.2, -0.15) is 0 Å². The molecule has 1 N–H and O–H groups in total. The van der Waals surface area contributed by atoms with Gasteiger partial charge in [-0.3, -0.25) is 9.69 Å². The van der Waals surface area contributed by atoms with E-state index >= 15 is 0 Å². The third-order valence-electron chi connectivity index (χ3n) is 6.43. The molecule has 32 heavy (non-hydrogen) atoms. The van der Waals surface area contributed by atoms with Crippen molar-refractivity contribution in [1.29, 1.82) is 0 Å². The number of rotatable bonds is 6. The fraction of sp³-hybridized carbons (Fsp3) is 0.333. The van der Waals surface area contributed by atoms with Gasteiger partial charge in [0.2, 0.25) is 0 Å². The molecule has 5 rings (SSSR count). The van der Waals surface area contributed by atoms with Crippen LogP contribution in [-0.4, -0.2) is 44.9 Å². The summed E-state index contributed by atoms with van der Waals surface area (Å²) in [7, 11) is 0. The van der Waals surface area contributed by atoms with Crippen molar-refractivity contribution in [3.05, 3.63) is 71.4 Å². The summed E-state index contributed by atoms with van der Waals surface area (Å²) in [4.78, 5) is 28.7. The van der Waals surface area contributed by atoms with Crippen LogP contribution in [0.25, 0.3) is 11.4 Å². The monoisotopic (exact) mass is 451 g/mol. The van der Waals surface area contributed by atoms with Crippen LogP contribution in [-0.2, 0) is 0 Å². The summed E-state index contributed by atoms with van der Waals surface area (Å²) in [5.74, 6) is 0.561. The number of hydrogen-bond donors (Lipinski definition) is 1. The molecular weight excluding hydrogens is 429 g/mol. The SMILES string of the molecule is O=C(c1cc(F)ccc1-c1ncccn1)C1CCC2(CC2)CN1CNc1ccc(Cl)cn1. The maximum absolute atomic E-state index is 14.2. The Balaban J connectivity index is 1.42. The lowest BCUT2D eigenvalue weighted by molar-refractivity contribution is 0.0652. The molecule has 6 nitrogen and oxygen atoms in total. The molecule has 1 spiro atoms. The zero-order valence-corrected chi connectivity index (χ0v) is 18.2. The molecule has 164 valence electrons. The van der Waals surface area contributed by atoms with E-state index < -0.39 is 5.82 Å². The third kappa shape index (κ3) is 4.36. The number of benzene rings is 1. The van der Waals surface area contributed by atoms with Gasteiger partial charge >= 0.3 is 0 Å². The number of carbonyl (C=O) groups is 1. The Morgan fingerprint density at radius 1 is 1.16 bits per heavy atom. The molecule has 1 saturated heterocycles. The Labute approximate surface area is 190 Å². The number of halogens is 2. The van der Waals surface area contributed by atoms with Crippen LogP contribution in [0.3, 0.4) is 0 Å². The van der Waals surface area contributed by atoms with Crippen LogP contribution in [0.1, 0.15) is 36.0 Å². The maximum atomic E-state index is 14.2. The van der Waals surface area contributed by atoms with E-state index in [9.17, 15) is 9.18 Å². The summed E-state index contributed by atoms with van der Waals surface area (Å²) in [6, 6.07) is 9.18. The third-order valence-corrected chi connectivity index (χ3v) is 6.66. The fourth-order valence-corrected chi connectivity index (χ4v) is 4.60. The molecule has 1 unspecified atom stereocenters. The second-order valence-corrected chi connectivity index (χ2v) is 9.06. The van der Waals surface area contributed by atoms with Crippen molar-refractivity contribution in [2.45, 2.75) is 31.7 Å². The molecule has 3 aromatic rings. The van der Waals surface area contributed by atoms with Crippen molar-refractivity contribution in [1.82, 2.24) is 19.9 Å².